The summed E-state index contributed by atoms with van der Waals surface area (Å²) < 4.78 is 0. The van der Waals surface area contributed by atoms with Crippen molar-refractivity contribution >= 4 is 29.3 Å². The fraction of sp³-hybridized carbons (Fsp3) is 0.556. The van der Waals surface area contributed by atoms with Gasteiger partial charge in [-0.05, 0) is 19.2 Å². The van der Waals surface area contributed by atoms with E-state index in [9.17, 15) is 9.59 Å². The summed E-state index contributed by atoms with van der Waals surface area (Å²) in [6, 6.07) is 7.77. The normalized spacial score (nSPS) is 22.0. The predicted octanol–water partition coefficient (Wildman–Crippen LogP) is 1.10. The van der Waals surface area contributed by atoms with Gasteiger partial charge in [0, 0.05) is 56.3 Å². The van der Waals surface area contributed by atoms with Crippen molar-refractivity contribution in [2.45, 2.75) is 11.3 Å². The van der Waals surface area contributed by atoms with Crippen molar-refractivity contribution in [3.8, 4) is 0 Å². The third-order valence-electron chi connectivity index (χ3n) is 4.73. The lowest BCUT2D eigenvalue weighted by molar-refractivity contribution is -0.126. The molecular weight excluding hydrogens is 336 g/mol. The van der Waals surface area contributed by atoms with Crippen LogP contribution in [0.4, 0.5) is 5.69 Å². The van der Waals surface area contributed by atoms with E-state index in [4.69, 9.17) is 0 Å². The van der Waals surface area contributed by atoms with E-state index < -0.39 is 0 Å². The van der Waals surface area contributed by atoms with Gasteiger partial charge in [-0.3, -0.25) is 14.5 Å². The fourth-order valence-electron chi connectivity index (χ4n) is 3.07. The van der Waals surface area contributed by atoms with Crippen molar-refractivity contribution < 1.29 is 9.59 Å². The number of hydrogen-bond donors (Lipinski definition) is 2. The van der Waals surface area contributed by atoms with Crippen LogP contribution in [-0.4, -0.2) is 73.7 Å². The molecule has 0 radical (unpaired) electrons. The van der Waals surface area contributed by atoms with Gasteiger partial charge in [0.1, 0.15) is 0 Å². The summed E-state index contributed by atoms with van der Waals surface area (Å²) >= 11 is 1.63. The van der Waals surface area contributed by atoms with Crippen LogP contribution < -0.4 is 10.6 Å². The highest BCUT2D eigenvalue weighted by atomic mass is 32.2. The van der Waals surface area contributed by atoms with Crippen molar-refractivity contribution in [1.29, 1.82) is 0 Å². The number of benzene rings is 1. The largest absolute Gasteiger partial charge is 0.355 e. The Morgan fingerprint density at radius 2 is 2.04 bits per heavy atom. The maximum Gasteiger partial charge on any atom is 0.228 e. The first kappa shape index (κ1) is 18.2. The molecule has 1 atom stereocenters. The molecule has 1 unspecified atom stereocenters. The molecule has 2 amide bonds. The van der Waals surface area contributed by atoms with E-state index in [2.05, 4.69) is 27.5 Å². The third kappa shape index (κ3) is 5.20. The monoisotopic (exact) mass is 362 g/mol. The number of fused-ring (bicyclic) bond motifs is 1. The van der Waals surface area contributed by atoms with Crippen LogP contribution >= 0.6 is 11.8 Å². The zero-order chi connectivity index (χ0) is 17.6. The molecule has 2 aliphatic heterocycles. The summed E-state index contributed by atoms with van der Waals surface area (Å²) in [5.41, 5.74) is 0.843. The van der Waals surface area contributed by atoms with Gasteiger partial charge < -0.3 is 15.5 Å². The Hall–Kier alpha value is -1.57. The number of para-hydroxylation sites is 1. The van der Waals surface area contributed by atoms with Gasteiger partial charge in [-0.1, -0.05) is 12.1 Å². The first-order valence-electron chi connectivity index (χ1n) is 8.82. The lowest BCUT2D eigenvalue weighted by Crippen LogP contribution is -2.47. The lowest BCUT2D eigenvalue weighted by atomic mass is 10.1. The van der Waals surface area contributed by atoms with Crippen LogP contribution in [0.15, 0.2) is 29.2 Å². The maximum atomic E-state index is 12.3. The molecule has 0 bridgehead atoms. The van der Waals surface area contributed by atoms with Crippen LogP contribution in [0.3, 0.4) is 0 Å². The van der Waals surface area contributed by atoms with Gasteiger partial charge in [-0.15, -0.1) is 11.8 Å². The lowest BCUT2D eigenvalue weighted by Gasteiger charge is -2.32. The molecule has 0 aromatic heterocycles. The Kier molecular flexibility index (Phi) is 6.34. The Labute approximate surface area is 153 Å². The molecule has 1 aromatic rings. The van der Waals surface area contributed by atoms with Gasteiger partial charge in [0.25, 0.3) is 0 Å². The summed E-state index contributed by atoms with van der Waals surface area (Å²) in [5.74, 6) is 0.239. The molecule has 25 heavy (non-hydrogen) atoms. The number of likely N-dealkylation sites (N-methyl/N-ethyl adjacent to an activating group) is 1. The molecule has 1 saturated heterocycles. The summed E-state index contributed by atoms with van der Waals surface area (Å²) in [6.07, 6.45) is 0.246. The molecule has 136 valence electrons. The topological polar surface area (TPSA) is 64.7 Å². The van der Waals surface area contributed by atoms with E-state index in [-0.39, 0.29) is 24.2 Å². The molecule has 2 aliphatic rings. The Bertz CT molecular complexity index is 617. The zero-order valence-electron chi connectivity index (χ0n) is 14.7. The molecule has 6 nitrogen and oxygen atoms in total. The first-order chi connectivity index (χ1) is 12.1. The second kappa shape index (κ2) is 8.69. The van der Waals surface area contributed by atoms with Crippen molar-refractivity contribution in [1.82, 2.24) is 15.1 Å². The number of carbonyl (C=O) groups is 2. The molecule has 0 aliphatic carbocycles. The van der Waals surface area contributed by atoms with Crippen LogP contribution in [0.25, 0.3) is 0 Å². The standard InChI is InChI=1S/C18H26N4O2S/c1-21-8-10-22(11-9-21)7-6-19-17(23)12-14-13-25-16-5-3-2-4-15(16)20-18(14)24/h2-5,14H,6-13H2,1H3,(H,19,23)(H,20,24). The number of amides is 2. The minimum atomic E-state index is -0.291. The molecule has 2 heterocycles. The van der Waals surface area contributed by atoms with Crippen LogP contribution in [-0.2, 0) is 9.59 Å². The summed E-state index contributed by atoms with van der Waals surface area (Å²) in [7, 11) is 2.13. The first-order valence-corrected chi connectivity index (χ1v) is 9.80. The Balaban J connectivity index is 1.41. The summed E-state index contributed by atoms with van der Waals surface area (Å²) in [5, 5.41) is 5.90. The highest BCUT2D eigenvalue weighted by Gasteiger charge is 2.26. The predicted molar refractivity (Wildman–Crippen MR) is 101 cm³/mol. The second-order valence-corrected chi connectivity index (χ2v) is 7.75. The second-order valence-electron chi connectivity index (χ2n) is 6.69. The van der Waals surface area contributed by atoms with Crippen molar-refractivity contribution in [2.24, 2.45) is 5.92 Å². The van der Waals surface area contributed by atoms with Gasteiger partial charge in [-0.25, -0.2) is 0 Å². The van der Waals surface area contributed by atoms with Crippen molar-refractivity contribution in [3.63, 3.8) is 0 Å². The number of nitrogens with zero attached hydrogens (tertiary/aromatic N) is 2. The number of nitrogens with one attached hydrogen (secondary N) is 2. The average Bonchev–Trinajstić information content (AvgIpc) is 2.76. The van der Waals surface area contributed by atoms with Crippen LogP contribution in [0.1, 0.15) is 6.42 Å². The van der Waals surface area contributed by atoms with E-state index >= 15 is 0 Å². The van der Waals surface area contributed by atoms with Gasteiger partial charge >= 0.3 is 0 Å². The number of hydrogen-bond acceptors (Lipinski definition) is 5. The Morgan fingerprint density at radius 3 is 2.84 bits per heavy atom. The van der Waals surface area contributed by atoms with E-state index in [1.165, 1.54) is 0 Å². The number of carbonyl (C=O) groups excluding carboxylic acids is 2. The zero-order valence-corrected chi connectivity index (χ0v) is 15.5. The fourth-order valence-corrected chi connectivity index (χ4v) is 4.17. The van der Waals surface area contributed by atoms with Gasteiger partial charge in [-0.2, -0.15) is 0 Å². The number of anilines is 1. The molecule has 2 N–H and O–H groups in total. The van der Waals surface area contributed by atoms with Crippen LogP contribution in [0.5, 0.6) is 0 Å². The van der Waals surface area contributed by atoms with Gasteiger partial charge in [0.15, 0.2) is 0 Å². The minimum Gasteiger partial charge on any atom is -0.355 e. The maximum absolute atomic E-state index is 12.3. The summed E-state index contributed by atoms with van der Waals surface area (Å²) in [6.45, 7) is 5.77. The highest BCUT2D eigenvalue weighted by Crippen LogP contribution is 2.32. The number of piperazine rings is 1. The van der Waals surface area contributed by atoms with Gasteiger partial charge in [0.05, 0.1) is 11.6 Å². The third-order valence-corrected chi connectivity index (χ3v) is 5.97. The molecule has 1 fully saturated rings. The minimum absolute atomic E-state index is 0.0409. The molecular formula is C18H26N4O2S. The molecule has 0 saturated carbocycles. The molecule has 0 spiro atoms. The van der Waals surface area contributed by atoms with E-state index in [0.29, 0.717) is 12.3 Å². The number of rotatable bonds is 5. The van der Waals surface area contributed by atoms with Gasteiger partial charge in [0.2, 0.25) is 11.8 Å². The van der Waals surface area contributed by atoms with Crippen molar-refractivity contribution in [2.75, 3.05) is 57.4 Å². The molecule has 1 aromatic carbocycles. The van der Waals surface area contributed by atoms with E-state index in [0.717, 1.165) is 43.3 Å². The SMILES string of the molecule is CN1CCN(CCNC(=O)CC2CSc3ccccc3NC2=O)CC1. The van der Waals surface area contributed by atoms with E-state index in [1.54, 1.807) is 11.8 Å². The molecule has 7 heteroatoms. The average molecular weight is 362 g/mol. The van der Waals surface area contributed by atoms with Crippen LogP contribution in [0, 0.1) is 5.92 Å². The van der Waals surface area contributed by atoms with E-state index in [1.807, 2.05) is 24.3 Å². The highest BCUT2D eigenvalue weighted by molar-refractivity contribution is 7.99. The quantitative estimate of drug-likeness (QED) is 0.821. The summed E-state index contributed by atoms with van der Waals surface area (Å²) in [4.78, 5) is 30.3. The number of thioether (sulfide) groups is 1. The molecule has 3 rings (SSSR count). The smallest absolute Gasteiger partial charge is 0.228 e. The van der Waals surface area contributed by atoms with Crippen molar-refractivity contribution in [3.05, 3.63) is 24.3 Å². The van der Waals surface area contributed by atoms with Crippen LogP contribution in [0.2, 0.25) is 0 Å². The Morgan fingerprint density at radius 1 is 1.28 bits per heavy atom.